The normalized spacial score (nSPS) is 15.6. The van der Waals surface area contributed by atoms with E-state index >= 15 is 0 Å². The Morgan fingerprint density at radius 3 is 2.68 bits per heavy atom. The van der Waals surface area contributed by atoms with Crippen molar-refractivity contribution in [2.24, 2.45) is 0 Å². The van der Waals surface area contributed by atoms with E-state index in [-0.39, 0.29) is 17.5 Å². The van der Waals surface area contributed by atoms with E-state index in [1.807, 2.05) is 18.2 Å². The summed E-state index contributed by atoms with van der Waals surface area (Å²) in [5.74, 6) is 0.413. The van der Waals surface area contributed by atoms with E-state index in [2.05, 4.69) is 9.97 Å². The van der Waals surface area contributed by atoms with Crippen molar-refractivity contribution in [2.75, 3.05) is 13.1 Å². The van der Waals surface area contributed by atoms with Crippen LogP contribution in [0.4, 0.5) is 0 Å². The van der Waals surface area contributed by atoms with Crippen LogP contribution in [0.1, 0.15) is 35.1 Å². The van der Waals surface area contributed by atoms with Gasteiger partial charge in [0.05, 0.1) is 17.2 Å². The molecule has 1 fully saturated rings. The molecule has 0 radical (unpaired) electrons. The van der Waals surface area contributed by atoms with Crippen LogP contribution in [0.5, 0.6) is 0 Å². The number of para-hydroxylation sites is 1. The molecule has 128 valence electrons. The summed E-state index contributed by atoms with van der Waals surface area (Å²) < 4.78 is 6.81. The van der Waals surface area contributed by atoms with Crippen molar-refractivity contribution in [2.45, 2.75) is 25.8 Å². The van der Waals surface area contributed by atoms with Gasteiger partial charge in [0, 0.05) is 19.1 Å². The number of amides is 1. The Morgan fingerprint density at radius 1 is 1.20 bits per heavy atom. The van der Waals surface area contributed by atoms with E-state index < -0.39 is 0 Å². The molecule has 3 aromatic rings. The van der Waals surface area contributed by atoms with Crippen LogP contribution in [0, 0.1) is 6.92 Å². The Kier molecular flexibility index (Phi) is 3.83. The highest BCUT2D eigenvalue weighted by Crippen LogP contribution is 2.23. The fourth-order valence-corrected chi connectivity index (χ4v) is 3.35. The van der Waals surface area contributed by atoms with Gasteiger partial charge in [0.15, 0.2) is 12.1 Å². The topological polar surface area (TPSA) is 81.2 Å². The van der Waals surface area contributed by atoms with Gasteiger partial charge in [0.2, 0.25) is 0 Å². The van der Waals surface area contributed by atoms with Crippen molar-refractivity contribution in [1.82, 2.24) is 19.4 Å². The monoisotopic (exact) mass is 338 g/mol. The summed E-state index contributed by atoms with van der Waals surface area (Å²) in [7, 11) is 0. The number of piperidine rings is 1. The van der Waals surface area contributed by atoms with Gasteiger partial charge in [0.25, 0.3) is 11.5 Å². The molecule has 7 heteroatoms. The number of benzene rings is 1. The van der Waals surface area contributed by atoms with Crippen LogP contribution in [-0.2, 0) is 0 Å². The predicted octanol–water partition coefficient (Wildman–Crippen LogP) is 2.17. The largest absolute Gasteiger partial charge is 0.448 e. The zero-order valence-corrected chi connectivity index (χ0v) is 13.9. The van der Waals surface area contributed by atoms with E-state index in [0.717, 1.165) is 0 Å². The molecule has 0 aliphatic carbocycles. The fraction of sp³-hybridized carbons (Fsp3) is 0.333. The summed E-state index contributed by atoms with van der Waals surface area (Å²) >= 11 is 0. The van der Waals surface area contributed by atoms with Gasteiger partial charge in [-0.3, -0.25) is 14.2 Å². The van der Waals surface area contributed by atoms with Crippen molar-refractivity contribution in [3.05, 3.63) is 58.8 Å². The predicted molar refractivity (Wildman–Crippen MR) is 91.4 cm³/mol. The highest BCUT2D eigenvalue weighted by Gasteiger charge is 2.27. The molecule has 0 atom stereocenters. The lowest BCUT2D eigenvalue weighted by atomic mass is 10.0. The number of hydrogen-bond acceptors (Lipinski definition) is 5. The molecule has 0 saturated carbocycles. The van der Waals surface area contributed by atoms with Gasteiger partial charge in [-0.15, -0.1) is 0 Å². The Labute approximate surface area is 143 Å². The molecule has 0 N–H and O–H groups in total. The molecule has 25 heavy (non-hydrogen) atoms. The fourth-order valence-electron chi connectivity index (χ4n) is 3.35. The molecule has 0 unspecified atom stereocenters. The lowest BCUT2D eigenvalue weighted by Crippen LogP contribution is -2.41. The minimum atomic E-state index is -0.117. The minimum absolute atomic E-state index is 0.0253. The number of hydrogen-bond donors (Lipinski definition) is 0. The molecular formula is C18H18N4O3. The average Bonchev–Trinajstić information content (AvgIpc) is 3.08. The van der Waals surface area contributed by atoms with Crippen molar-refractivity contribution in [1.29, 1.82) is 0 Å². The molecule has 1 aliphatic heterocycles. The number of aromatic nitrogens is 3. The van der Waals surface area contributed by atoms with Crippen LogP contribution in [0.3, 0.4) is 0 Å². The summed E-state index contributed by atoms with van der Waals surface area (Å²) in [4.78, 5) is 35.3. The third-order valence-electron chi connectivity index (χ3n) is 4.78. The molecule has 0 bridgehead atoms. The number of aryl methyl sites for hydroxylation is 1. The third-order valence-corrected chi connectivity index (χ3v) is 4.78. The van der Waals surface area contributed by atoms with Gasteiger partial charge >= 0.3 is 0 Å². The molecule has 1 saturated heterocycles. The van der Waals surface area contributed by atoms with E-state index in [4.69, 9.17) is 4.42 Å². The first-order valence-corrected chi connectivity index (χ1v) is 8.30. The highest BCUT2D eigenvalue weighted by molar-refractivity contribution is 5.93. The van der Waals surface area contributed by atoms with Crippen LogP contribution in [0.25, 0.3) is 10.9 Å². The van der Waals surface area contributed by atoms with Crippen LogP contribution < -0.4 is 5.56 Å². The molecule has 2 aromatic heterocycles. The number of carbonyl (C=O) groups excluding carboxylic acids is 1. The van der Waals surface area contributed by atoms with E-state index in [1.165, 1.54) is 6.39 Å². The number of carbonyl (C=O) groups is 1. The van der Waals surface area contributed by atoms with Crippen molar-refractivity contribution < 1.29 is 9.21 Å². The maximum atomic E-state index is 12.7. The van der Waals surface area contributed by atoms with Gasteiger partial charge in [-0.05, 0) is 31.9 Å². The number of likely N-dealkylation sites (tertiary alicyclic amines) is 1. The maximum absolute atomic E-state index is 12.7. The quantitative estimate of drug-likeness (QED) is 0.715. The minimum Gasteiger partial charge on any atom is -0.448 e. The Hall–Kier alpha value is -2.96. The maximum Gasteiger partial charge on any atom is 0.276 e. The Morgan fingerprint density at radius 2 is 1.96 bits per heavy atom. The lowest BCUT2D eigenvalue weighted by molar-refractivity contribution is 0.0686. The molecule has 4 rings (SSSR count). The number of fused-ring (bicyclic) bond motifs is 1. The number of oxazole rings is 1. The van der Waals surface area contributed by atoms with E-state index in [9.17, 15) is 9.59 Å². The van der Waals surface area contributed by atoms with Gasteiger partial charge in [0.1, 0.15) is 5.76 Å². The molecular weight excluding hydrogens is 320 g/mol. The standard InChI is InChI=1S/C18H18N4O3/c1-12-16(20-11-25-12)18(24)21-8-6-13(7-9-21)22-10-19-15-5-3-2-4-14(15)17(22)23/h2-5,10-11,13H,6-9H2,1H3. The molecule has 0 spiro atoms. The van der Waals surface area contributed by atoms with Crippen LogP contribution >= 0.6 is 0 Å². The second kappa shape index (κ2) is 6.16. The van der Waals surface area contributed by atoms with Gasteiger partial charge in [-0.2, -0.15) is 0 Å². The van der Waals surface area contributed by atoms with Gasteiger partial charge in [-0.25, -0.2) is 9.97 Å². The van der Waals surface area contributed by atoms with Crippen molar-refractivity contribution >= 4 is 16.8 Å². The lowest BCUT2D eigenvalue weighted by Gasteiger charge is -2.32. The van der Waals surface area contributed by atoms with E-state index in [1.54, 1.807) is 28.8 Å². The second-order valence-electron chi connectivity index (χ2n) is 6.25. The van der Waals surface area contributed by atoms with Crippen molar-refractivity contribution in [3.63, 3.8) is 0 Å². The summed E-state index contributed by atoms with van der Waals surface area (Å²) in [6.07, 6.45) is 4.33. The van der Waals surface area contributed by atoms with Gasteiger partial charge in [-0.1, -0.05) is 12.1 Å². The summed E-state index contributed by atoms with van der Waals surface area (Å²) in [5.41, 5.74) is 1.04. The molecule has 1 aliphatic rings. The number of nitrogens with zero attached hydrogens (tertiary/aromatic N) is 4. The highest BCUT2D eigenvalue weighted by atomic mass is 16.3. The molecule has 3 heterocycles. The zero-order valence-electron chi connectivity index (χ0n) is 13.9. The van der Waals surface area contributed by atoms with Crippen molar-refractivity contribution in [3.8, 4) is 0 Å². The molecule has 7 nitrogen and oxygen atoms in total. The van der Waals surface area contributed by atoms with Crippen LogP contribution in [-0.4, -0.2) is 38.4 Å². The molecule has 1 aromatic carbocycles. The van der Waals surface area contributed by atoms with Crippen LogP contribution in [0.2, 0.25) is 0 Å². The smallest absolute Gasteiger partial charge is 0.276 e. The Balaban J connectivity index is 1.53. The summed E-state index contributed by atoms with van der Waals surface area (Å²) in [6, 6.07) is 7.40. The first-order chi connectivity index (χ1) is 12.1. The zero-order chi connectivity index (χ0) is 17.4. The first kappa shape index (κ1) is 15.6. The average molecular weight is 338 g/mol. The van der Waals surface area contributed by atoms with Crippen LogP contribution in [0.15, 0.2) is 46.2 Å². The summed E-state index contributed by atoms with van der Waals surface area (Å²) in [6.45, 7) is 2.89. The first-order valence-electron chi connectivity index (χ1n) is 8.30. The third kappa shape index (κ3) is 2.71. The van der Waals surface area contributed by atoms with Gasteiger partial charge < -0.3 is 9.32 Å². The molecule has 1 amide bonds. The Bertz CT molecular complexity index is 983. The SMILES string of the molecule is Cc1ocnc1C(=O)N1CCC(n2cnc3ccccc3c2=O)CC1. The summed E-state index contributed by atoms with van der Waals surface area (Å²) in [5, 5.41) is 0.627. The van der Waals surface area contributed by atoms with E-state index in [0.29, 0.717) is 48.3 Å². The number of rotatable bonds is 2. The second-order valence-corrected chi connectivity index (χ2v) is 6.25.